The zero-order valence-electron chi connectivity index (χ0n) is 8.45. The molecule has 6 heteroatoms. The number of anilines is 2. The van der Waals surface area contributed by atoms with Gasteiger partial charge in [0.2, 0.25) is 0 Å². The van der Waals surface area contributed by atoms with Gasteiger partial charge >= 0.3 is 5.97 Å². The molecule has 1 unspecified atom stereocenters. The largest absolute Gasteiger partial charge is 0.467 e. The predicted octanol–water partition coefficient (Wildman–Crippen LogP) is 1.29. The Balaban J connectivity index is 2.76. The summed E-state index contributed by atoms with van der Waals surface area (Å²) in [5, 5.41) is 3.18. The molecular weight excluding hydrogens is 218 g/mol. The lowest BCUT2D eigenvalue weighted by molar-refractivity contribution is -0.141. The zero-order chi connectivity index (χ0) is 11.4. The van der Waals surface area contributed by atoms with Crippen LogP contribution in [0.5, 0.6) is 0 Å². The second-order valence-electron chi connectivity index (χ2n) is 2.99. The molecule has 1 atom stereocenters. The summed E-state index contributed by atoms with van der Waals surface area (Å²) in [5.74, 6) is 0.0217. The fourth-order valence-electron chi connectivity index (χ4n) is 1.000. The Morgan fingerprint density at radius 2 is 2.40 bits per heavy atom. The topological polar surface area (TPSA) is 77.2 Å². The molecule has 82 valence electrons. The summed E-state index contributed by atoms with van der Waals surface area (Å²) in [6.45, 7) is 1.65. The maximum atomic E-state index is 11.1. The molecule has 3 N–H and O–H groups in total. The molecule has 0 saturated carbocycles. The Hall–Kier alpha value is -1.49. The maximum absolute atomic E-state index is 11.1. The molecule has 0 bridgehead atoms. The van der Waals surface area contributed by atoms with E-state index < -0.39 is 6.04 Å². The van der Waals surface area contributed by atoms with Crippen LogP contribution in [0.4, 0.5) is 11.5 Å². The monoisotopic (exact) mass is 229 g/mol. The number of nitrogens with one attached hydrogen (secondary N) is 1. The van der Waals surface area contributed by atoms with Crippen LogP contribution in [0.25, 0.3) is 0 Å². The van der Waals surface area contributed by atoms with Crippen LogP contribution in [0.15, 0.2) is 12.3 Å². The van der Waals surface area contributed by atoms with Gasteiger partial charge in [-0.25, -0.2) is 9.78 Å². The van der Waals surface area contributed by atoms with Crippen LogP contribution in [0.3, 0.4) is 0 Å². The van der Waals surface area contributed by atoms with Crippen molar-refractivity contribution < 1.29 is 9.53 Å². The van der Waals surface area contributed by atoms with Gasteiger partial charge in [0.05, 0.1) is 24.0 Å². The van der Waals surface area contributed by atoms with Gasteiger partial charge in [0.1, 0.15) is 11.9 Å². The van der Waals surface area contributed by atoms with E-state index in [1.807, 2.05) is 0 Å². The molecule has 5 nitrogen and oxygen atoms in total. The standard InChI is InChI=1S/C9H12ClN3O2/c1-5(9(14)15-2)13-8-7(10)3-6(11)4-12-8/h3-5H,11H2,1-2H3,(H,12,13). The van der Waals surface area contributed by atoms with Crippen LogP contribution in [-0.2, 0) is 9.53 Å². The van der Waals surface area contributed by atoms with Crippen molar-refractivity contribution in [3.8, 4) is 0 Å². The minimum Gasteiger partial charge on any atom is -0.467 e. The number of aromatic nitrogens is 1. The Bertz CT molecular complexity index is 370. The number of pyridine rings is 1. The number of halogens is 1. The van der Waals surface area contributed by atoms with Crippen molar-refractivity contribution in [1.29, 1.82) is 0 Å². The van der Waals surface area contributed by atoms with Crippen LogP contribution < -0.4 is 11.1 Å². The van der Waals surface area contributed by atoms with E-state index in [0.717, 1.165) is 0 Å². The van der Waals surface area contributed by atoms with Crippen molar-refractivity contribution in [2.75, 3.05) is 18.2 Å². The van der Waals surface area contributed by atoms with Gasteiger partial charge in [-0.3, -0.25) is 0 Å². The van der Waals surface area contributed by atoms with Crippen molar-refractivity contribution >= 4 is 29.1 Å². The molecule has 1 aromatic rings. The molecule has 15 heavy (non-hydrogen) atoms. The zero-order valence-corrected chi connectivity index (χ0v) is 9.21. The van der Waals surface area contributed by atoms with Gasteiger partial charge in [0, 0.05) is 0 Å². The Morgan fingerprint density at radius 1 is 1.73 bits per heavy atom. The number of nitrogen functional groups attached to an aromatic ring is 1. The number of carbonyl (C=O) groups excluding carboxylic acids is 1. The fourth-order valence-corrected chi connectivity index (χ4v) is 1.23. The number of ether oxygens (including phenoxy) is 1. The quantitative estimate of drug-likeness (QED) is 0.764. The van der Waals surface area contributed by atoms with E-state index >= 15 is 0 Å². The summed E-state index contributed by atoms with van der Waals surface area (Å²) in [6, 6.07) is 1.05. The first-order valence-electron chi connectivity index (χ1n) is 4.30. The van der Waals surface area contributed by atoms with Crippen molar-refractivity contribution in [3.05, 3.63) is 17.3 Å². The third-order valence-electron chi connectivity index (χ3n) is 1.77. The van der Waals surface area contributed by atoms with Crippen molar-refractivity contribution in [2.24, 2.45) is 0 Å². The van der Waals surface area contributed by atoms with Crippen LogP contribution in [-0.4, -0.2) is 24.1 Å². The second kappa shape index (κ2) is 4.84. The molecule has 0 aliphatic heterocycles. The summed E-state index contributed by atoms with van der Waals surface area (Å²) in [4.78, 5) is 15.1. The van der Waals surface area contributed by atoms with E-state index in [0.29, 0.717) is 16.5 Å². The Labute approximate surface area is 92.6 Å². The Morgan fingerprint density at radius 3 is 2.93 bits per heavy atom. The SMILES string of the molecule is COC(=O)C(C)Nc1ncc(N)cc1Cl. The molecule has 0 saturated heterocycles. The number of hydrogen-bond donors (Lipinski definition) is 2. The molecule has 1 rings (SSSR count). The highest BCUT2D eigenvalue weighted by atomic mass is 35.5. The fraction of sp³-hybridized carbons (Fsp3) is 0.333. The Kier molecular flexibility index (Phi) is 3.74. The van der Waals surface area contributed by atoms with Crippen LogP contribution in [0.2, 0.25) is 5.02 Å². The number of nitrogens with two attached hydrogens (primary N) is 1. The molecule has 0 radical (unpaired) electrons. The number of nitrogens with zero attached hydrogens (tertiary/aromatic N) is 1. The first-order valence-corrected chi connectivity index (χ1v) is 4.67. The molecule has 0 aliphatic carbocycles. The molecule has 0 spiro atoms. The maximum Gasteiger partial charge on any atom is 0.328 e. The third-order valence-corrected chi connectivity index (χ3v) is 2.06. The third kappa shape index (κ3) is 2.99. The van der Waals surface area contributed by atoms with Gasteiger partial charge in [-0.1, -0.05) is 11.6 Å². The van der Waals surface area contributed by atoms with Gasteiger partial charge < -0.3 is 15.8 Å². The van der Waals surface area contributed by atoms with E-state index in [4.69, 9.17) is 17.3 Å². The average Bonchev–Trinajstić information content (AvgIpc) is 2.20. The molecule has 0 fully saturated rings. The molecule has 1 heterocycles. The minimum absolute atomic E-state index is 0.366. The number of methoxy groups -OCH3 is 1. The van der Waals surface area contributed by atoms with Crippen LogP contribution >= 0.6 is 11.6 Å². The van der Waals surface area contributed by atoms with E-state index in [1.165, 1.54) is 13.3 Å². The second-order valence-corrected chi connectivity index (χ2v) is 3.40. The lowest BCUT2D eigenvalue weighted by Crippen LogP contribution is -2.27. The van der Waals surface area contributed by atoms with Crippen molar-refractivity contribution in [3.63, 3.8) is 0 Å². The molecular formula is C9H12ClN3O2. The average molecular weight is 230 g/mol. The summed E-state index contributed by atoms with van der Waals surface area (Å²) in [6.07, 6.45) is 1.46. The van der Waals surface area contributed by atoms with E-state index in [-0.39, 0.29) is 5.97 Å². The van der Waals surface area contributed by atoms with Gasteiger partial charge in [-0.05, 0) is 13.0 Å². The van der Waals surface area contributed by atoms with Gasteiger partial charge in [0.25, 0.3) is 0 Å². The molecule has 0 aromatic carbocycles. The lowest BCUT2D eigenvalue weighted by atomic mass is 10.3. The summed E-state index contributed by atoms with van der Waals surface area (Å²) in [7, 11) is 1.32. The normalized spacial score (nSPS) is 11.9. The van der Waals surface area contributed by atoms with Crippen molar-refractivity contribution in [1.82, 2.24) is 4.98 Å². The molecule has 0 amide bonds. The smallest absolute Gasteiger partial charge is 0.328 e. The number of hydrogen-bond acceptors (Lipinski definition) is 5. The van der Waals surface area contributed by atoms with Crippen molar-refractivity contribution in [2.45, 2.75) is 13.0 Å². The van der Waals surface area contributed by atoms with E-state index in [2.05, 4.69) is 15.0 Å². The minimum atomic E-state index is -0.511. The highest BCUT2D eigenvalue weighted by Crippen LogP contribution is 2.21. The number of carbonyl (C=O) groups is 1. The van der Waals surface area contributed by atoms with Gasteiger partial charge in [-0.2, -0.15) is 0 Å². The lowest BCUT2D eigenvalue weighted by Gasteiger charge is -2.13. The number of esters is 1. The number of rotatable bonds is 3. The molecule has 0 aliphatic rings. The van der Waals surface area contributed by atoms with Gasteiger partial charge in [0.15, 0.2) is 0 Å². The summed E-state index contributed by atoms with van der Waals surface area (Å²) >= 11 is 5.86. The first kappa shape index (κ1) is 11.6. The highest BCUT2D eigenvalue weighted by Gasteiger charge is 2.14. The predicted molar refractivity (Wildman–Crippen MR) is 58.8 cm³/mol. The van der Waals surface area contributed by atoms with E-state index in [1.54, 1.807) is 13.0 Å². The van der Waals surface area contributed by atoms with Crippen LogP contribution in [0.1, 0.15) is 6.92 Å². The first-order chi connectivity index (χ1) is 7.04. The van der Waals surface area contributed by atoms with Gasteiger partial charge in [-0.15, -0.1) is 0 Å². The summed E-state index contributed by atoms with van der Waals surface area (Å²) < 4.78 is 4.55. The molecule has 1 aromatic heterocycles. The van der Waals surface area contributed by atoms with Crippen LogP contribution in [0, 0.1) is 0 Å². The highest BCUT2D eigenvalue weighted by molar-refractivity contribution is 6.33. The van der Waals surface area contributed by atoms with E-state index in [9.17, 15) is 4.79 Å². The summed E-state index contributed by atoms with van der Waals surface area (Å²) in [5.41, 5.74) is 5.95.